The van der Waals surface area contributed by atoms with Crippen molar-refractivity contribution >= 4 is 0 Å². The van der Waals surface area contributed by atoms with Crippen LogP contribution in [0.5, 0.6) is 5.75 Å². The van der Waals surface area contributed by atoms with Gasteiger partial charge in [-0.05, 0) is 25.5 Å². The molecule has 1 aliphatic heterocycles. The summed E-state index contributed by atoms with van der Waals surface area (Å²) in [4.78, 5) is 0. The molecular formula is C15H20F3NO2. The third kappa shape index (κ3) is 4.35. The van der Waals surface area contributed by atoms with Gasteiger partial charge < -0.3 is 14.8 Å². The number of nitrogens with one attached hydrogen (secondary N) is 1. The number of alkyl halides is 3. The smallest absolute Gasteiger partial charge is 0.391 e. The van der Waals surface area contributed by atoms with Crippen LogP contribution in [0.2, 0.25) is 0 Å². The third-order valence-corrected chi connectivity index (χ3v) is 3.71. The van der Waals surface area contributed by atoms with Crippen molar-refractivity contribution in [2.45, 2.75) is 25.1 Å². The summed E-state index contributed by atoms with van der Waals surface area (Å²) in [7, 11) is 1.58. The number of ether oxygens (including phenoxy) is 2. The monoisotopic (exact) mass is 303 g/mol. The number of hydrogen-bond acceptors (Lipinski definition) is 3. The van der Waals surface area contributed by atoms with E-state index in [0.29, 0.717) is 25.5 Å². The maximum atomic E-state index is 12.9. The minimum Gasteiger partial charge on any atom is -0.491 e. The van der Waals surface area contributed by atoms with E-state index in [9.17, 15) is 13.2 Å². The summed E-state index contributed by atoms with van der Waals surface area (Å²) in [5.74, 6) is -0.634. The van der Waals surface area contributed by atoms with Gasteiger partial charge in [0.25, 0.3) is 0 Å². The lowest BCUT2D eigenvalue weighted by atomic mass is 9.88. The molecule has 21 heavy (non-hydrogen) atoms. The first-order chi connectivity index (χ1) is 10.0. The number of methoxy groups -OCH3 is 1. The van der Waals surface area contributed by atoms with Crippen molar-refractivity contribution in [1.82, 2.24) is 5.32 Å². The van der Waals surface area contributed by atoms with Gasteiger partial charge in [0.15, 0.2) is 0 Å². The van der Waals surface area contributed by atoms with Crippen molar-refractivity contribution in [3.63, 3.8) is 0 Å². The lowest BCUT2D eigenvalue weighted by molar-refractivity contribution is -0.183. The van der Waals surface area contributed by atoms with E-state index in [1.807, 2.05) is 18.2 Å². The molecule has 0 aliphatic carbocycles. The van der Waals surface area contributed by atoms with Crippen LogP contribution in [0.3, 0.4) is 0 Å². The second kappa shape index (κ2) is 7.13. The highest BCUT2D eigenvalue weighted by atomic mass is 19.4. The van der Waals surface area contributed by atoms with Crippen LogP contribution in [-0.2, 0) is 4.74 Å². The highest BCUT2D eigenvalue weighted by Gasteiger charge is 2.42. The second-order valence-corrected chi connectivity index (χ2v) is 5.15. The zero-order chi connectivity index (χ0) is 15.3. The molecule has 1 aliphatic rings. The Balaban J connectivity index is 2.10. The molecule has 1 fully saturated rings. The Labute approximate surface area is 122 Å². The summed E-state index contributed by atoms with van der Waals surface area (Å²) in [6, 6.07) is 6.90. The normalized spacial score (nSPS) is 23.0. The number of piperidine rings is 1. The molecule has 0 bridgehead atoms. The Morgan fingerprint density at radius 2 is 2.00 bits per heavy atom. The van der Waals surface area contributed by atoms with Crippen LogP contribution < -0.4 is 10.1 Å². The van der Waals surface area contributed by atoms with E-state index in [1.54, 1.807) is 13.2 Å². The Bertz CT molecular complexity index is 451. The average molecular weight is 303 g/mol. The minimum atomic E-state index is -4.13. The lowest BCUT2D eigenvalue weighted by Crippen LogP contribution is -2.38. The Morgan fingerprint density at radius 1 is 1.24 bits per heavy atom. The molecule has 118 valence electrons. The molecule has 0 aromatic heterocycles. The molecular weight excluding hydrogens is 283 g/mol. The summed E-state index contributed by atoms with van der Waals surface area (Å²) in [5, 5.41) is 3.16. The van der Waals surface area contributed by atoms with E-state index in [4.69, 9.17) is 9.47 Å². The van der Waals surface area contributed by atoms with Gasteiger partial charge in [-0.2, -0.15) is 13.2 Å². The molecule has 0 saturated carbocycles. The molecule has 1 aromatic carbocycles. The standard InChI is InChI=1S/C15H20F3NO2/c1-20-8-9-21-14-5-3-2-4-12(14)13-10-11(6-7-19-13)15(16,17)18/h2-5,11,13,19H,6-10H2,1H3. The van der Waals surface area contributed by atoms with Crippen LogP contribution in [-0.4, -0.2) is 33.0 Å². The fourth-order valence-electron chi connectivity index (χ4n) is 2.59. The first-order valence-corrected chi connectivity index (χ1v) is 7.03. The predicted octanol–water partition coefficient (Wildman–Crippen LogP) is 3.31. The largest absolute Gasteiger partial charge is 0.491 e. The highest BCUT2D eigenvalue weighted by Crippen LogP contribution is 2.40. The van der Waals surface area contributed by atoms with E-state index < -0.39 is 12.1 Å². The zero-order valence-corrected chi connectivity index (χ0v) is 12.0. The minimum absolute atomic E-state index is 0.0498. The molecule has 1 aromatic rings. The van der Waals surface area contributed by atoms with Crippen LogP contribution in [0, 0.1) is 5.92 Å². The summed E-state index contributed by atoms with van der Waals surface area (Å²) >= 11 is 0. The van der Waals surface area contributed by atoms with Crippen LogP contribution in [0.15, 0.2) is 24.3 Å². The van der Waals surface area contributed by atoms with Gasteiger partial charge in [0.05, 0.1) is 12.5 Å². The molecule has 2 unspecified atom stereocenters. The molecule has 0 spiro atoms. The molecule has 0 radical (unpaired) electrons. The van der Waals surface area contributed by atoms with E-state index in [-0.39, 0.29) is 18.9 Å². The Hall–Kier alpha value is -1.27. The van der Waals surface area contributed by atoms with E-state index >= 15 is 0 Å². The molecule has 1 N–H and O–H groups in total. The highest BCUT2D eigenvalue weighted by molar-refractivity contribution is 5.36. The van der Waals surface area contributed by atoms with Crippen molar-refractivity contribution in [2.75, 3.05) is 26.9 Å². The number of benzene rings is 1. The van der Waals surface area contributed by atoms with Gasteiger partial charge in [0.1, 0.15) is 12.4 Å². The van der Waals surface area contributed by atoms with Gasteiger partial charge >= 0.3 is 6.18 Å². The van der Waals surface area contributed by atoms with Crippen molar-refractivity contribution < 1.29 is 22.6 Å². The van der Waals surface area contributed by atoms with Crippen LogP contribution >= 0.6 is 0 Å². The Kier molecular flexibility index (Phi) is 5.47. The molecule has 0 amide bonds. The van der Waals surface area contributed by atoms with Gasteiger partial charge in [-0.25, -0.2) is 0 Å². The zero-order valence-electron chi connectivity index (χ0n) is 12.0. The van der Waals surface area contributed by atoms with Crippen LogP contribution in [0.1, 0.15) is 24.4 Å². The van der Waals surface area contributed by atoms with Gasteiger partial charge in [-0.15, -0.1) is 0 Å². The average Bonchev–Trinajstić information content (AvgIpc) is 2.47. The summed E-state index contributed by atoms with van der Waals surface area (Å²) in [6.45, 7) is 1.18. The molecule has 3 nitrogen and oxygen atoms in total. The van der Waals surface area contributed by atoms with Crippen molar-refractivity contribution in [2.24, 2.45) is 5.92 Å². The van der Waals surface area contributed by atoms with Gasteiger partial charge in [-0.3, -0.25) is 0 Å². The van der Waals surface area contributed by atoms with Gasteiger partial charge in [-0.1, -0.05) is 18.2 Å². The summed E-state index contributed by atoms with van der Waals surface area (Å²) in [6.07, 6.45) is -3.95. The lowest BCUT2D eigenvalue weighted by Gasteiger charge is -2.32. The topological polar surface area (TPSA) is 30.5 Å². The fraction of sp³-hybridized carbons (Fsp3) is 0.600. The maximum absolute atomic E-state index is 12.9. The van der Waals surface area contributed by atoms with E-state index in [2.05, 4.69) is 5.32 Å². The SMILES string of the molecule is COCCOc1ccccc1C1CC(C(F)(F)F)CCN1. The Morgan fingerprint density at radius 3 is 2.71 bits per heavy atom. The molecule has 6 heteroatoms. The molecule has 1 saturated heterocycles. The molecule has 2 atom stereocenters. The van der Waals surface area contributed by atoms with E-state index in [1.165, 1.54) is 0 Å². The van der Waals surface area contributed by atoms with Crippen LogP contribution in [0.25, 0.3) is 0 Å². The predicted molar refractivity (Wildman–Crippen MR) is 73.3 cm³/mol. The maximum Gasteiger partial charge on any atom is 0.391 e. The summed E-state index contributed by atoms with van der Waals surface area (Å²) in [5.41, 5.74) is 0.780. The van der Waals surface area contributed by atoms with Crippen LogP contribution in [0.4, 0.5) is 13.2 Å². The quantitative estimate of drug-likeness (QED) is 0.847. The number of para-hydroxylation sites is 1. The third-order valence-electron chi connectivity index (χ3n) is 3.71. The van der Waals surface area contributed by atoms with Crippen molar-refractivity contribution in [1.29, 1.82) is 0 Å². The van der Waals surface area contributed by atoms with E-state index in [0.717, 1.165) is 5.56 Å². The van der Waals surface area contributed by atoms with Gasteiger partial charge in [0, 0.05) is 18.7 Å². The summed E-state index contributed by atoms with van der Waals surface area (Å²) < 4.78 is 49.2. The van der Waals surface area contributed by atoms with Crippen molar-refractivity contribution in [3.8, 4) is 5.75 Å². The number of hydrogen-bond donors (Lipinski definition) is 1. The van der Waals surface area contributed by atoms with Gasteiger partial charge in [0.2, 0.25) is 0 Å². The number of rotatable bonds is 5. The first kappa shape index (κ1) is 16.1. The first-order valence-electron chi connectivity index (χ1n) is 7.03. The van der Waals surface area contributed by atoms with Crippen molar-refractivity contribution in [3.05, 3.63) is 29.8 Å². The fourth-order valence-corrected chi connectivity index (χ4v) is 2.59. The number of halogens is 3. The molecule has 2 rings (SSSR count). The second-order valence-electron chi connectivity index (χ2n) is 5.15. The molecule has 1 heterocycles.